The molecule has 0 aliphatic carbocycles. The van der Waals surface area contributed by atoms with E-state index in [1.807, 2.05) is 29.6 Å². The van der Waals surface area contributed by atoms with Crippen molar-refractivity contribution in [3.63, 3.8) is 0 Å². The molecule has 0 spiro atoms. The Morgan fingerprint density at radius 1 is 1.17 bits per heavy atom. The Balaban J connectivity index is 2.00. The van der Waals surface area contributed by atoms with E-state index < -0.39 is 17.7 Å². The number of benzene rings is 1. The quantitative estimate of drug-likeness (QED) is 0.586. The summed E-state index contributed by atoms with van der Waals surface area (Å²) in [5.74, 6) is -0.788. The van der Waals surface area contributed by atoms with Gasteiger partial charge in [0.25, 0.3) is 5.91 Å². The van der Waals surface area contributed by atoms with Gasteiger partial charge in [-0.25, -0.2) is 0 Å². The molecule has 5 nitrogen and oxygen atoms in total. The number of rotatable bonds is 9. The van der Waals surface area contributed by atoms with Gasteiger partial charge in [0.15, 0.2) is 5.76 Å². The Morgan fingerprint density at radius 3 is 2.37 bits per heavy atom. The smallest absolute Gasteiger partial charge is 0.290 e. The zero-order valence-electron chi connectivity index (χ0n) is 18.1. The number of likely N-dealkylation sites (N-methyl/N-ethyl adjacent to an activating group) is 1. The number of hydrogen-bond donors (Lipinski definition) is 1. The monoisotopic (exact) mass is 426 g/mol. The molecule has 0 saturated heterocycles. The minimum atomic E-state index is -0.580. The molecule has 0 saturated carbocycles. The normalized spacial score (nSPS) is 16.9. The molecule has 1 aliphatic rings. The predicted octanol–water partition coefficient (Wildman–Crippen LogP) is 4.79. The van der Waals surface area contributed by atoms with Gasteiger partial charge < -0.3 is 14.9 Å². The first kappa shape index (κ1) is 22.2. The summed E-state index contributed by atoms with van der Waals surface area (Å²) in [6.07, 6.45) is 0. The molecule has 1 N–H and O–H groups in total. The van der Waals surface area contributed by atoms with Gasteiger partial charge in [0, 0.05) is 13.1 Å². The highest BCUT2D eigenvalue weighted by Crippen LogP contribution is 2.39. The Hall–Kier alpha value is -2.44. The minimum absolute atomic E-state index is 0.180. The maximum atomic E-state index is 13.2. The van der Waals surface area contributed by atoms with E-state index in [2.05, 4.69) is 32.6 Å². The number of aliphatic hydroxyl groups is 1. The molecule has 6 heteroatoms. The number of carbonyl (C=O) groups excluding carboxylic acids is 2. The van der Waals surface area contributed by atoms with E-state index in [0.29, 0.717) is 23.9 Å². The molecule has 0 unspecified atom stereocenters. The van der Waals surface area contributed by atoms with Crippen molar-refractivity contribution >= 4 is 23.0 Å². The number of carbonyl (C=O) groups is 2. The standard InChI is InChI=1S/C24H30N2O3S/c1-5-25(6-2)13-14-26-21(18-11-9-17(10-12-18)16(3)4)20(23(28)24(26)29)22(27)19-8-7-15-30-19/h7-12,15-16,21,28H,5-6,13-14H2,1-4H3/t21-/m0/s1. The van der Waals surface area contributed by atoms with Crippen LogP contribution in [0.4, 0.5) is 0 Å². The molecular formula is C24H30N2O3S. The zero-order chi connectivity index (χ0) is 21.8. The maximum Gasteiger partial charge on any atom is 0.290 e. The highest BCUT2D eigenvalue weighted by Gasteiger charge is 2.43. The lowest BCUT2D eigenvalue weighted by molar-refractivity contribution is -0.129. The van der Waals surface area contributed by atoms with Crippen molar-refractivity contribution in [3.8, 4) is 0 Å². The van der Waals surface area contributed by atoms with Gasteiger partial charge in [-0.2, -0.15) is 0 Å². The molecule has 3 rings (SSSR count). The highest BCUT2D eigenvalue weighted by atomic mass is 32.1. The third kappa shape index (κ3) is 4.35. The third-order valence-electron chi connectivity index (χ3n) is 5.76. The molecular weight excluding hydrogens is 396 g/mol. The van der Waals surface area contributed by atoms with Crippen molar-refractivity contribution in [2.45, 2.75) is 39.7 Å². The van der Waals surface area contributed by atoms with Crippen LogP contribution in [0.1, 0.15) is 60.5 Å². The van der Waals surface area contributed by atoms with Crippen molar-refractivity contribution in [2.24, 2.45) is 0 Å². The van der Waals surface area contributed by atoms with Crippen molar-refractivity contribution in [3.05, 3.63) is 69.1 Å². The van der Waals surface area contributed by atoms with Crippen LogP contribution in [0.5, 0.6) is 0 Å². The van der Waals surface area contributed by atoms with E-state index in [1.54, 1.807) is 17.0 Å². The zero-order valence-corrected chi connectivity index (χ0v) is 18.9. The van der Waals surface area contributed by atoms with Crippen LogP contribution in [0.3, 0.4) is 0 Å². The minimum Gasteiger partial charge on any atom is -0.503 e. The molecule has 1 aliphatic heterocycles. The summed E-state index contributed by atoms with van der Waals surface area (Å²) in [4.78, 5) is 30.6. The predicted molar refractivity (Wildman–Crippen MR) is 121 cm³/mol. The third-order valence-corrected chi connectivity index (χ3v) is 6.63. The van der Waals surface area contributed by atoms with Gasteiger partial charge >= 0.3 is 0 Å². The number of amides is 1. The summed E-state index contributed by atoms with van der Waals surface area (Å²) in [6, 6.07) is 11.0. The second kappa shape index (κ2) is 9.58. The fraction of sp³-hybridized carbons (Fsp3) is 0.417. The molecule has 160 valence electrons. The summed E-state index contributed by atoms with van der Waals surface area (Å²) in [5, 5.41) is 12.5. The average molecular weight is 427 g/mol. The molecule has 1 amide bonds. The summed E-state index contributed by atoms with van der Waals surface area (Å²) in [5.41, 5.74) is 2.22. The maximum absolute atomic E-state index is 13.2. The number of aliphatic hydroxyl groups excluding tert-OH is 1. The van der Waals surface area contributed by atoms with Crippen LogP contribution in [-0.2, 0) is 4.79 Å². The first-order chi connectivity index (χ1) is 14.4. The van der Waals surface area contributed by atoms with Crippen molar-refractivity contribution in [1.29, 1.82) is 0 Å². The molecule has 0 fully saturated rings. The first-order valence-corrected chi connectivity index (χ1v) is 11.4. The van der Waals surface area contributed by atoms with Crippen molar-refractivity contribution < 1.29 is 14.7 Å². The molecule has 1 aromatic carbocycles. The van der Waals surface area contributed by atoms with Crippen LogP contribution < -0.4 is 0 Å². The molecule has 1 aromatic heterocycles. The summed E-state index contributed by atoms with van der Waals surface area (Å²) in [7, 11) is 0. The summed E-state index contributed by atoms with van der Waals surface area (Å²) in [6.45, 7) is 11.3. The van der Waals surface area contributed by atoms with Gasteiger partial charge in [-0.05, 0) is 41.6 Å². The number of nitrogens with zero attached hydrogens (tertiary/aromatic N) is 2. The van der Waals surface area contributed by atoms with E-state index in [0.717, 1.165) is 18.7 Å². The number of hydrogen-bond acceptors (Lipinski definition) is 5. The highest BCUT2D eigenvalue weighted by molar-refractivity contribution is 7.12. The van der Waals surface area contributed by atoms with Crippen molar-refractivity contribution in [1.82, 2.24) is 9.80 Å². The second-order valence-electron chi connectivity index (χ2n) is 7.82. The molecule has 1 atom stereocenters. The Morgan fingerprint density at radius 2 is 1.83 bits per heavy atom. The van der Waals surface area contributed by atoms with Crippen LogP contribution in [-0.4, -0.2) is 52.8 Å². The van der Waals surface area contributed by atoms with Gasteiger partial charge in [0.05, 0.1) is 16.5 Å². The van der Waals surface area contributed by atoms with Gasteiger partial charge in [-0.15, -0.1) is 11.3 Å². The van der Waals surface area contributed by atoms with Crippen LogP contribution in [0.15, 0.2) is 53.1 Å². The van der Waals surface area contributed by atoms with Gasteiger partial charge in [-0.1, -0.05) is 58.0 Å². The molecule has 30 heavy (non-hydrogen) atoms. The van der Waals surface area contributed by atoms with Crippen molar-refractivity contribution in [2.75, 3.05) is 26.2 Å². The Bertz CT molecular complexity index is 912. The fourth-order valence-corrected chi connectivity index (χ4v) is 4.53. The number of Topliss-reactive ketones (excluding diaryl/α,β-unsaturated/α-hetero) is 1. The van der Waals surface area contributed by atoms with Gasteiger partial charge in [0.2, 0.25) is 5.78 Å². The van der Waals surface area contributed by atoms with Gasteiger partial charge in [0.1, 0.15) is 0 Å². The summed E-state index contributed by atoms with van der Waals surface area (Å²) < 4.78 is 0. The molecule has 0 bridgehead atoms. The molecule has 2 aromatic rings. The molecule has 0 radical (unpaired) electrons. The first-order valence-electron chi connectivity index (χ1n) is 10.5. The number of ketones is 1. The van der Waals surface area contributed by atoms with E-state index in [4.69, 9.17) is 0 Å². The van der Waals surface area contributed by atoms with E-state index in [1.165, 1.54) is 16.9 Å². The average Bonchev–Trinajstić information content (AvgIpc) is 3.37. The lowest BCUT2D eigenvalue weighted by Crippen LogP contribution is -2.38. The van der Waals surface area contributed by atoms with Gasteiger partial charge in [-0.3, -0.25) is 9.59 Å². The SMILES string of the molecule is CCN(CC)CCN1C(=O)C(O)=C(C(=O)c2cccs2)[C@@H]1c1ccc(C(C)C)cc1. The van der Waals surface area contributed by atoms with E-state index in [-0.39, 0.29) is 11.4 Å². The molecule has 2 heterocycles. The topological polar surface area (TPSA) is 60.9 Å². The lowest BCUT2D eigenvalue weighted by atomic mass is 9.93. The largest absolute Gasteiger partial charge is 0.503 e. The Kier molecular flexibility index (Phi) is 7.10. The van der Waals surface area contributed by atoms with Crippen LogP contribution in [0, 0.1) is 0 Å². The lowest BCUT2D eigenvalue weighted by Gasteiger charge is -2.29. The van der Waals surface area contributed by atoms with E-state index >= 15 is 0 Å². The van der Waals surface area contributed by atoms with Crippen LogP contribution >= 0.6 is 11.3 Å². The van der Waals surface area contributed by atoms with Crippen LogP contribution in [0.2, 0.25) is 0 Å². The second-order valence-corrected chi connectivity index (χ2v) is 8.77. The van der Waals surface area contributed by atoms with Crippen LogP contribution in [0.25, 0.3) is 0 Å². The summed E-state index contributed by atoms with van der Waals surface area (Å²) >= 11 is 1.32. The number of thiophene rings is 1. The fourth-order valence-electron chi connectivity index (χ4n) is 3.86. The Labute approximate surface area is 182 Å². The van der Waals surface area contributed by atoms with E-state index in [9.17, 15) is 14.7 Å².